The van der Waals surface area contributed by atoms with Crippen molar-refractivity contribution in [2.24, 2.45) is 5.92 Å². The number of likely N-dealkylation sites (tertiary alicyclic amines) is 1. The van der Waals surface area contributed by atoms with Crippen molar-refractivity contribution >= 4 is 5.91 Å². The third-order valence-corrected chi connectivity index (χ3v) is 5.92. The molecule has 29 heavy (non-hydrogen) atoms. The largest absolute Gasteiger partial charge is 0.494 e. The molecule has 158 valence electrons. The van der Waals surface area contributed by atoms with E-state index in [2.05, 4.69) is 37.5 Å². The molecule has 1 aliphatic rings. The molecule has 2 heterocycles. The summed E-state index contributed by atoms with van der Waals surface area (Å²) in [5.74, 6) is 1.59. The Morgan fingerprint density at radius 2 is 1.90 bits per heavy atom. The number of hydrogen-bond acceptors (Lipinski definition) is 3. The van der Waals surface area contributed by atoms with Crippen LogP contribution in [0.3, 0.4) is 0 Å². The molecule has 1 atom stereocenters. The van der Waals surface area contributed by atoms with Gasteiger partial charge in [-0.05, 0) is 64.2 Å². The Balaban J connectivity index is 1.51. The van der Waals surface area contributed by atoms with Gasteiger partial charge in [0.1, 0.15) is 5.75 Å². The highest BCUT2D eigenvalue weighted by Crippen LogP contribution is 2.25. The first-order valence-electron chi connectivity index (χ1n) is 10.6. The van der Waals surface area contributed by atoms with Crippen molar-refractivity contribution in [2.75, 3.05) is 33.4 Å². The predicted molar refractivity (Wildman–Crippen MR) is 116 cm³/mol. The van der Waals surface area contributed by atoms with E-state index in [0.29, 0.717) is 12.5 Å². The summed E-state index contributed by atoms with van der Waals surface area (Å²) in [4.78, 5) is 15.1. The van der Waals surface area contributed by atoms with E-state index in [-0.39, 0.29) is 5.91 Å². The Morgan fingerprint density at radius 3 is 2.62 bits per heavy atom. The lowest BCUT2D eigenvalue weighted by Gasteiger charge is -2.17. The molecule has 0 radical (unpaired) electrons. The Kier molecular flexibility index (Phi) is 7.37. The van der Waals surface area contributed by atoms with E-state index in [0.717, 1.165) is 68.2 Å². The average Bonchev–Trinajstić information content (AvgIpc) is 3.29. The van der Waals surface area contributed by atoms with Gasteiger partial charge < -0.3 is 18.9 Å². The quantitative estimate of drug-likeness (QED) is 0.589. The normalized spacial score (nSPS) is 16.4. The van der Waals surface area contributed by atoms with Gasteiger partial charge in [-0.2, -0.15) is 0 Å². The van der Waals surface area contributed by atoms with Crippen LogP contribution >= 0.6 is 0 Å². The van der Waals surface area contributed by atoms with E-state index in [4.69, 9.17) is 9.47 Å². The molecule has 1 amide bonds. The molecule has 1 saturated heterocycles. The van der Waals surface area contributed by atoms with Crippen molar-refractivity contribution in [1.82, 2.24) is 9.47 Å². The summed E-state index contributed by atoms with van der Waals surface area (Å²) in [5.41, 5.74) is 4.29. The van der Waals surface area contributed by atoms with Crippen LogP contribution in [0, 0.1) is 26.7 Å². The molecule has 0 saturated carbocycles. The Bertz CT molecular complexity index is 810. The predicted octanol–water partition coefficient (Wildman–Crippen LogP) is 4.38. The van der Waals surface area contributed by atoms with E-state index in [1.165, 1.54) is 5.56 Å². The maximum absolute atomic E-state index is 13.1. The van der Waals surface area contributed by atoms with Gasteiger partial charge in [0.25, 0.3) is 5.91 Å². The van der Waals surface area contributed by atoms with Crippen LogP contribution in [0.25, 0.3) is 0 Å². The second kappa shape index (κ2) is 9.97. The van der Waals surface area contributed by atoms with Crippen LogP contribution in [0.15, 0.2) is 30.3 Å². The second-order valence-corrected chi connectivity index (χ2v) is 8.14. The van der Waals surface area contributed by atoms with Gasteiger partial charge in [0, 0.05) is 44.7 Å². The van der Waals surface area contributed by atoms with Crippen LogP contribution in [0.4, 0.5) is 0 Å². The molecule has 1 fully saturated rings. The van der Waals surface area contributed by atoms with Crippen molar-refractivity contribution < 1.29 is 14.3 Å². The first-order valence-corrected chi connectivity index (χ1v) is 10.6. The fourth-order valence-electron chi connectivity index (χ4n) is 4.13. The SMILES string of the molecule is COCCCn1c(C)cc(C(=O)N2CCC(CCOc3ccc(C)cc3)C2)c1C. The minimum Gasteiger partial charge on any atom is -0.494 e. The average molecular weight is 399 g/mol. The van der Waals surface area contributed by atoms with Crippen molar-refractivity contribution in [3.63, 3.8) is 0 Å². The van der Waals surface area contributed by atoms with Crippen LogP contribution in [-0.2, 0) is 11.3 Å². The fraction of sp³-hybridized carbons (Fsp3) is 0.542. The topological polar surface area (TPSA) is 43.7 Å². The van der Waals surface area contributed by atoms with E-state index in [1.807, 2.05) is 23.1 Å². The molecule has 1 aromatic carbocycles. The van der Waals surface area contributed by atoms with Crippen molar-refractivity contribution in [1.29, 1.82) is 0 Å². The summed E-state index contributed by atoms with van der Waals surface area (Å²) >= 11 is 0. The molecule has 0 N–H and O–H groups in total. The minimum absolute atomic E-state index is 0.165. The number of rotatable bonds is 9. The highest BCUT2D eigenvalue weighted by molar-refractivity contribution is 5.95. The molecule has 0 spiro atoms. The first-order chi connectivity index (χ1) is 14.0. The van der Waals surface area contributed by atoms with E-state index < -0.39 is 0 Å². The number of amides is 1. The monoisotopic (exact) mass is 398 g/mol. The Morgan fingerprint density at radius 1 is 1.14 bits per heavy atom. The number of hydrogen-bond donors (Lipinski definition) is 0. The first kappa shape index (κ1) is 21.4. The molecule has 1 unspecified atom stereocenters. The number of benzene rings is 1. The van der Waals surface area contributed by atoms with E-state index in [9.17, 15) is 4.79 Å². The standard InChI is InChI=1S/C24H34N2O3/c1-18-6-8-22(9-7-18)29-15-11-21-10-13-25(17-21)24(27)23-16-19(2)26(20(23)3)12-5-14-28-4/h6-9,16,21H,5,10-15,17H2,1-4H3. The zero-order chi connectivity index (χ0) is 20.8. The number of aromatic nitrogens is 1. The summed E-state index contributed by atoms with van der Waals surface area (Å²) in [6, 6.07) is 10.2. The smallest absolute Gasteiger partial charge is 0.255 e. The van der Waals surface area contributed by atoms with Gasteiger partial charge >= 0.3 is 0 Å². The summed E-state index contributed by atoms with van der Waals surface area (Å²) in [6.45, 7) is 10.2. The Labute approximate surface area is 174 Å². The maximum atomic E-state index is 13.1. The third-order valence-electron chi connectivity index (χ3n) is 5.92. The number of nitrogens with zero attached hydrogens (tertiary/aromatic N) is 2. The number of aryl methyl sites for hydroxylation is 2. The van der Waals surface area contributed by atoms with E-state index >= 15 is 0 Å². The zero-order valence-corrected chi connectivity index (χ0v) is 18.2. The molecule has 2 aromatic rings. The van der Waals surface area contributed by atoms with Gasteiger partial charge in [-0.25, -0.2) is 0 Å². The van der Waals surface area contributed by atoms with Crippen LogP contribution in [0.1, 0.15) is 46.6 Å². The van der Waals surface area contributed by atoms with Gasteiger partial charge in [0.15, 0.2) is 0 Å². The van der Waals surface area contributed by atoms with Gasteiger partial charge in [0.05, 0.1) is 12.2 Å². The lowest BCUT2D eigenvalue weighted by atomic mass is 10.1. The van der Waals surface area contributed by atoms with Crippen molar-refractivity contribution in [2.45, 2.75) is 46.6 Å². The van der Waals surface area contributed by atoms with Crippen molar-refractivity contribution in [3.05, 3.63) is 52.8 Å². The molecule has 1 aromatic heterocycles. The van der Waals surface area contributed by atoms with Gasteiger partial charge in [-0.15, -0.1) is 0 Å². The molecular formula is C24H34N2O3. The molecule has 1 aliphatic heterocycles. The minimum atomic E-state index is 0.165. The van der Waals surface area contributed by atoms with Gasteiger partial charge in [-0.1, -0.05) is 17.7 Å². The van der Waals surface area contributed by atoms with Crippen LogP contribution in [0.2, 0.25) is 0 Å². The molecular weight excluding hydrogens is 364 g/mol. The molecule has 0 bridgehead atoms. The zero-order valence-electron chi connectivity index (χ0n) is 18.2. The second-order valence-electron chi connectivity index (χ2n) is 8.14. The molecule has 0 aliphatic carbocycles. The van der Waals surface area contributed by atoms with Gasteiger partial charge in [-0.3, -0.25) is 4.79 Å². The molecule has 5 nitrogen and oxygen atoms in total. The van der Waals surface area contributed by atoms with Gasteiger partial charge in [0.2, 0.25) is 0 Å². The lowest BCUT2D eigenvalue weighted by molar-refractivity contribution is 0.0784. The Hall–Kier alpha value is -2.27. The summed E-state index contributed by atoms with van der Waals surface area (Å²) in [7, 11) is 1.72. The lowest BCUT2D eigenvalue weighted by Crippen LogP contribution is -2.29. The molecule has 3 rings (SSSR count). The number of methoxy groups -OCH3 is 1. The van der Waals surface area contributed by atoms with Crippen LogP contribution in [0.5, 0.6) is 5.75 Å². The third kappa shape index (κ3) is 5.41. The van der Waals surface area contributed by atoms with Crippen LogP contribution in [-0.4, -0.2) is 48.8 Å². The number of carbonyl (C=O) groups is 1. The fourth-order valence-corrected chi connectivity index (χ4v) is 4.13. The van der Waals surface area contributed by atoms with Crippen LogP contribution < -0.4 is 4.74 Å². The highest BCUT2D eigenvalue weighted by Gasteiger charge is 2.28. The number of carbonyl (C=O) groups excluding carboxylic acids is 1. The summed E-state index contributed by atoms with van der Waals surface area (Å²) in [6.07, 6.45) is 2.98. The number of ether oxygens (including phenoxy) is 2. The maximum Gasteiger partial charge on any atom is 0.255 e. The van der Waals surface area contributed by atoms with E-state index in [1.54, 1.807) is 7.11 Å². The van der Waals surface area contributed by atoms with Crippen molar-refractivity contribution in [3.8, 4) is 5.75 Å². The summed E-state index contributed by atoms with van der Waals surface area (Å²) < 4.78 is 13.3. The highest BCUT2D eigenvalue weighted by atomic mass is 16.5. The molecule has 5 heteroatoms. The summed E-state index contributed by atoms with van der Waals surface area (Å²) in [5, 5.41) is 0.